The van der Waals surface area contributed by atoms with Gasteiger partial charge in [-0.15, -0.1) is 0 Å². The van der Waals surface area contributed by atoms with Gasteiger partial charge in [-0.25, -0.2) is 4.67 Å². The third-order valence-electron chi connectivity index (χ3n) is 2.45. The van der Waals surface area contributed by atoms with Gasteiger partial charge in [-0.05, 0) is 33.3 Å². The Bertz CT molecular complexity index is 308. The van der Waals surface area contributed by atoms with Crippen LogP contribution in [0.2, 0.25) is 0 Å². The Morgan fingerprint density at radius 1 is 1.12 bits per heavy atom. The smallest absolute Gasteiger partial charge is 0.256 e. The first kappa shape index (κ1) is 14.6. The van der Waals surface area contributed by atoms with E-state index in [1.54, 1.807) is 0 Å². The van der Waals surface area contributed by atoms with Gasteiger partial charge < -0.3 is 9.42 Å². The normalized spacial score (nSPS) is 13.6. The monoisotopic (exact) mass is 255 g/mol. The van der Waals surface area contributed by atoms with Gasteiger partial charge in [-0.2, -0.15) is 0 Å². The van der Waals surface area contributed by atoms with Crippen LogP contribution in [0.15, 0.2) is 30.3 Å². The van der Waals surface area contributed by atoms with Crippen molar-refractivity contribution in [2.45, 2.75) is 46.4 Å². The number of rotatable bonds is 6. The van der Waals surface area contributed by atoms with E-state index in [2.05, 4.69) is 27.7 Å². The second-order valence-corrected chi connectivity index (χ2v) is 5.80. The average molecular weight is 255 g/mol. The quantitative estimate of drug-likeness (QED) is 0.789. The second kappa shape index (κ2) is 7.07. The van der Waals surface area contributed by atoms with Crippen LogP contribution in [-0.4, -0.2) is 21.6 Å². The predicted octanol–water partition coefficient (Wildman–Crippen LogP) is 3.54. The second-order valence-electron chi connectivity index (χ2n) is 4.58. The maximum atomic E-state index is 10.1. The summed E-state index contributed by atoms with van der Waals surface area (Å²) in [6.45, 7) is 8.72. The number of benzene rings is 1. The Labute approximate surface area is 105 Å². The fourth-order valence-corrected chi connectivity index (χ4v) is 2.95. The molecule has 3 nitrogen and oxygen atoms in total. The summed E-state index contributed by atoms with van der Waals surface area (Å²) in [7, 11) is -1.51. The Hall–Kier alpha value is -0.470. The van der Waals surface area contributed by atoms with Gasteiger partial charge in [0.2, 0.25) is 0 Å². The molecule has 4 heteroatoms. The Morgan fingerprint density at radius 3 is 2.12 bits per heavy atom. The minimum atomic E-state index is -1.51. The Kier molecular flexibility index (Phi) is 6.07. The molecule has 1 N–H and O–H groups in total. The summed E-state index contributed by atoms with van der Waals surface area (Å²) < 4.78 is 7.56. The third-order valence-corrected chi connectivity index (χ3v) is 4.12. The summed E-state index contributed by atoms with van der Waals surface area (Å²) in [4.78, 5) is 10.1. The van der Waals surface area contributed by atoms with Gasteiger partial charge in [0.05, 0.1) is 6.61 Å². The van der Waals surface area contributed by atoms with E-state index in [0.29, 0.717) is 6.61 Å². The first-order valence-electron chi connectivity index (χ1n) is 5.96. The summed E-state index contributed by atoms with van der Waals surface area (Å²) in [6.07, 6.45) is 0. The molecule has 0 aliphatic rings. The molecule has 0 aliphatic carbocycles. The number of hydrogen-bond acceptors (Lipinski definition) is 3. The summed E-state index contributed by atoms with van der Waals surface area (Å²) in [6, 6.07) is 10.5. The molecule has 0 aromatic heterocycles. The van der Waals surface area contributed by atoms with Crippen molar-refractivity contribution < 1.29 is 9.42 Å². The zero-order valence-corrected chi connectivity index (χ0v) is 11.9. The van der Waals surface area contributed by atoms with Crippen LogP contribution in [0.4, 0.5) is 0 Å². The molecule has 1 atom stereocenters. The van der Waals surface area contributed by atoms with Crippen molar-refractivity contribution in [3.63, 3.8) is 0 Å². The van der Waals surface area contributed by atoms with Gasteiger partial charge in [0, 0.05) is 12.1 Å². The molecule has 0 radical (unpaired) electrons. The van der Waals surface area contributed by atoms with E-state index in [9.17, 15) is 4.89 Å². The average Bonchev–Trinajstić information content (AvgIpc) is 2.27. The van der Waals surface area contributed by atoms with E-state index < -0.39 is 8.53 Å². The molecule has 1 unspecified atom stereocenters. The van der Waals surface area contributed by atoms with Crippen molar-refractivity contribution in [1.82, 2.24) is 4.67 Å². The maximum Gasteiger partial charge on any atom is 0.256 e. The van der Waals surface area contributed by atoms with E-state index in [4.69, 9.17) is 4.52 Å². The Morgan fingerprint density at radius 2 is 1.65 bits per heavy atom. The highest BCUT2D eigenvalue weighted by Crippen LogP contribution is 2.41. The molecule has 0 saturated carbocycles. The molecule has 0 amide bonds. The van der Waals surface area contributed by atoms with Gasteiger partial charge in [-0.1, -0.05) is 30.3 Å². The standard InChI is InChI=1S/C13H22NO2P/c1-11(2)14(12(3)4)17(15)16-10-13-8-6-5-7-9-13/h5-9,11-12,15H,10H2,1-4H3. The molecule has 0 heterocycles. The minimum absolute atomic E-state index is 0.280. The highest BCUT2D eigenvalue weighted by atomic mass is 31.2. The topological polar surface area (TPSA) is 32.7 Å². The zero-order valence-electron chi connectivity index (χ0n) is 11.0. The molecule has 0 fully saturated rings. The highest BCUT2D eigenvalue weighted by Gasteiger charge is 2.23. The van der Waals surface area contributed by atoms with Crippen LogP contribution in [0, 0.1) is 0 Å². The Balaban J connectivity index is 2.50. The van der Waals surface area contributed by atoms with Crippen molar-refractivity contribution in [2.75, 3.05) is 0 Å². The molecule has 0 saturated heterocycles. The molecule has 0 aliphatic heterocycles. The van der Waals surface area contributed by atoms with Crippen LogP contribution >= 0.6 is 8.53 Å². The van der Waals surface area contributed by atoms with Gasteiger partial charge in [0.1, 0.15) is 0 Å². The van der Waals surface area contributed by atoms with Gasteiger partial charge in [0.15, 0.2) is 0 Å². The molecule has 0 spiro atoms. The molecular weight excluding hydrogens is 233 g/mol. The lowest BCUT2D eigenvalue weighted by atomic mass is 10.2. The van der Waals surface area contributed by atoms with Crippen LogP contribution in [0.25, 0.3) is 0 Å². The van der Waals surface area contributed by atoms with E-state index in [-0.39, 0.29) is 12.1 Å². The van der Waals surface area contributed by atoms with Crippen molar-refractivity contribution in [3.05, 3.63) is 35.9 Å². The summed E-state index contributed by atoms with van der Waals surface area (Å²) in [5.74, 6) is 0. The fourth-order valence-electron chi connectivity index (χ4n) is 1.76. The first-order chi connectivity index (χ1) is 8.02. The van der Waals surface area contributed by atoms with Gasteiger partial charge in [0.25, 0.3) is 8.53 Å². The molecule has 1 aromatic rings. The summed E-state index contributed by atoms with van der Waals surface area (Å²) >= 11 is 0. The summed E-state index contributed by atoms with van der Waals surface area (Å²) in [5, 5.41) is 0. The molecule has 0 bridgehead atoms. The molecular formula is C13H22NO2P. The predicted molar refractivity (Wildman–Crippen MR) is 72.5 cm³/mol. The SMILES string of the molecule is CC(C)N(C(C)C)P(O)OCc1ccccc1. The van der Waals surface area contributed by atoms with Crippen molar-refractivity contribution in [3.8, 4) is 0 Å². The fraction of sp³-hybridized carbons (Fsp3) is 0.538. The van der Waals surface area contributed by atoms with Crippen LogP contribution in [-0.2, 0) is 11.1 Å². The largest absolute Gasteiger partial charge is 0.338 e. The lowest BCUT2D eigenvalue weighted by Gasteiger charge is -2.32. The van der Waals surface area contributed by atoms with Crippen molar-refractivity contribution in [1.29, 1.82) is 0 Å². The van der Waals surface area contributed by atoms with Crippen LogP contribution in [0.1, 0.15) is 33.3 Å². The lowest BCUT2D eigenvalue weighted by molar-refractivity contribution is 0.206. The molecule has 1 aromatic carbocycles. The van der Waals surface area contributed by atoms with Crippen LogP contribution in [0.5, 0.6) is 0 Å². The number of hydrogen-bond donors (Lipinski definition) is 1. The van der Waals surface area contributed by atoms with Gasteiger partial charge >= 0.3 is 0 Å². The van der Waals surface area contributed by atoms with Crippen LogP contribution in [0.3, 0.4) is 0 Å². The maximum absolute atomic E-state index is 10.1. The zero-order chi connectivity index (χ0) is 12.8. The van der Waals surface area contributed by atoms with Crippen molar-refractivity contribution >= 4 is 8.53 Å². The van der Waals surface area contributed by atoms with Crippen molar-refractivity contribution in [2.24, 2.45) is 0 Å². The van der Waals surface area contributed by atoms with E-state index in [0.717, 1.165) is 5.56 Å². The van der Waals surface area contributed by atoms with E-state index >= 15 is 0 Å². The molecule has 17 heavy (non-hydrogen) atoms. The summed E-state index contributed by atoms with van der Waals surface area (Å²) in [5.41, 5.74) is 1.08. The minimum Gasteiger partial charge on any atom is -0.338 e. The number of nitrogens with zero attached hydrogens (tertiary/aromatic N) is 1. The lowest BCUT2D eigenvalue weighted by Crippen LogP contribution is -2.32. The van der Waals surface area contributed by atoms with Crippen LogP contribution < -0.4 is 0 Å². The van der Waals surface area contributed by atoms with E-state index in [1.807, 2.05) is 35.0 Å². The highest BCUT2D eigenvalue weighted by molar-refractivity contribution is 7.43. The molecule has 96 valence electrons. The molecule has 1 rings (SSSR count). The van der Waals surface area contributed by atoms with E-state index in [1.165, 1.54) is 0 Å². The van der Waals surface area contributed by atoms with Gasteiger partial charge in [-0.3, -0.25) is 0 Å². The third kappa shape index (κ3) is 4.72. The first-order valence-corrected chi connectivity index (χ1v) is 7.13.